The average molecular weight is 831 g/mol. The van der Waals surface area contributed by atoms with Crippen LogP contribution in [0.1, 0.15) is 92.6 Å². The predicted octanol–water partition coefficient (Wildman–Crippen LogP) is 4.50. The minimum atomic E-state index is -4.63. The third-order valence-electron chi connectivity index (χ3n) is 10.4. The van der Waals surface area contributed by atoms with Crippen LogP contribution in [0.15, 0.2) is 10.8 Å². The molecule has 2 aliphatic rings. The third kappa shape index (κ3) is 12.2. The highest BCUT2D eigenvalue weighted by molar-refractivity contribution is 7.10. The number of aromatic nitrogens is 2. The third-order valence-corrected chi connectivity index (χ3v) is 12.2. The van der Waals surface area contributed by atoms with Crippen LogP contribution in [0.5, 0.6) is 0 Å². The predicted molar refractivity (Wildman–Crippen MR) is 202 cm³/mol. The summed E-state index contributed by atoms with van der Waals surface area (Å²) in [5.41, 5.74) is -1.08. The standard InChI is InChI=1S/C37H53F3N6O8S2/c1-19(2)26(46(7)35(50)31(21(4)23-9-10-23)44-33(49)27-16-53-12-11-45(27)6)15-28(54-22(5)47)34-42-25(17-56-34)32(48)41-24(13-20(3)36(51)52-8)14-30-43-29(18-55-30)37(38,39)40/h17-21,23-24,26-28,31H,9-16H2,1-8H3,(H,41,48)(H,44,49)/t20-,21-,24+,26+,27+,28+,31-/m0/s1. The Hall–Kier alpha value is -3.68. The minimum Gasteiger partial charge on any atom is -0.469 e. The monoisotopic (exact) mass is 830 g/mol. The summed E-state index contributed by atoms with van der Waals surface area (Å²) in [5.74, 6) is -3.00. The number of thiazole rings is 2. The second-order valence-electron chi connectivity index (χ2n) is 15.1. The van der Waals surface area contributed by atoms with Gasteiger partial charge in [-0.05, 0) is 44.1 Å². The molecule has 14 nitrogen and oxygen atoms in total. The van der Waals surface area contributed by atoms with E-state index in [1.807, 2.05) is 32.7 Å². The van der Waals surface area contributed by atoms with Crippen molar-refractivity contribution in [1.29, 1.82) is 0 Å². The fraction of sp³-hybridized carbons (Fsp3) is 0.703. The first-order chi connectivity index (χ1) is 26.3. The van der Waals surface area contributed by atoms with Gasteiger partial charge in [0.15, 0.2) is 11.8 Å². The number of nitrogens with one attached hydrogen (secondary N) is 2. The highest BCUT2D eigenvalue weighted by Crippen LogP contribution is 2.39. The van der Waals surface area contributed by atoms with Crippen LogP contribution in [0.4, 0.5) is 13.2 Å². The van der Waals surface area contributed by atoms with Gasteiger partial charge in [0.1, 0.15) is 22.8 Å². The number of amides is 3. The maximum atomic E-state index is 14.3. The molecule has 19 heteroatoms. The first-order valence-electron chi connectivity index (χ1n) is 18.7. The summed E-state index contributed by atoms with van der Waals surface area (Å²) in [5, 5.41) is 8.60. The van der Waals surface area contributed by atoms with E-state index in [1.54, 1.807) is 18.9 Å². The minimum absolute atomic E-state index is 0.0313. The summed E-state index contributed by atoms with van der Waals surface area (Å²) >= 11 is 1.87. The summed E-state index contributed by atoms with van der Waals surface area (Å²) in [4.78, 5) is 77.6. The Morgan fingerprint density at radius 1 is 1.05 bits per heavy atom. The molecule has 2 N–H and O–H groups in total. The molecule has 3 amide bonds. The van der Waals surface area contributed by atoms with Gasteiger partial charge in [0, 0.05) is 56.2 Å². The molecule has 0 aromatic carbocycles. The van der Waals surface area contributed by atoms with E-state index in [1.165, 1.54) is 19.4 Å². The largest absolute Gasteiger partial charge is 0.469 e. The lowest BCUT2D eigenvalue weighted by Crippen LogP contribution is -2.59. The fourth-order valence-corrected chi connectivity index (χ4v) is 8.59. The summed E-state index contributed by atoms with van der Waals surface area (Å²) in [6.45, 7) is 10.0. The summed E-state index contributed by atoms with van der Waals surface area (Å²) in [6, 6.07) is -2.61. The molecule has 1 aliphatic heterocycles. The van der Waals surface area contributed by atoms with E-state index >= 15 is 0 Å². The number of rotatable bonds is 18. The van der Waals surface area contributed by atoms with Gasteiger partial charge in [-0.2, -0.15) is 13.2 Å². The Morgan fingerprint density at radius 3 is 2.32 bits per heavy atom. The first-order valence-corrected chi connectivity index (χ1v) is 20.4. The van der Waals surface area contributed by atoms with E-state index in [9.17, 15) is 37.1 Å². The van der Waals surface area contributed by atoms with Gasteiger partial charge in [-0.25, -0.2) is 9.97 Å². The number of likely N-dealkylation sites (N-methyl/N-ethyl adjacent to an activating group) is 2. The Balaban J connectivity index is 1.53. The lowest BCUT2D eigenvalue weighted by atomic mass is 9.91. The zero-order chi connectivity index (χ0) is 41.5. The van der Waals surface area contributed by atoms with Crippen molar-refractivity contribution in [3.63, 3.8) is 0 Å². The van der Waals surface area contributed by atoms with Gasteiger partial charge in [-0.3, -0.25) is 28.9 Å². The molecule has 7 atom stereocenters. The van der Waals surface area contributed by atoms with Crippen molar-refractivity contribution < 1.29 is 51.4 Å². The van der Waals surface area contributed by atoms with Crippen LogP contribution in [-0.4, -0.2) is 115 Å². The van der Waals surface area contributed by atoms with Crippen LogP contribution >= 0.6 is 22.7 Å². The summed E-state index contributed by atoms with van der Waals surface area (Å²) in [7, 11) is 4.73. The number of hydrogen-bond acceptors (Lipinski definition) is 13. The number of alkyl halides is 3. The van der Waals surface area contributed by atoms with Crippen LogP contribution < -0.4 is 10.6 Å². The number of esters is 2. The Morgan fingerprint density at radius 2 is 1.75 bits per heavy atom. The maximum absolute atomic E-state index is 14.3. The maximum Gasteiger partial charge on any atom is 0.434 e. The van der Waals surface area contributed by atoms with Gasteiger partial charge in [0.2, 0.25) is 11.8 Å². The lowest BCUT2D eigenvalue weighted by Gasteiger charge is -2.38. The lowest BCUT2D eigenvalue weighted by molar-refractivity contribution is -0.149. The molecule has 312 valence electrons. The van der Waals surface area contributed by atoms with Crippen molar-refractivity contribution in [3.8, 4) is 0 Å². The molecule has 56 heavy (non-hydrogen) atoms. The molecule has 1 aliphatic carbocycles. The zero-order valence-electron chi connectivity index (χ0n) is 33.0. The normalized spacial score (nSPS) is 19.6. The number of morpholine rings is 1. The average Bonchev–Trinajstić information content (AvgIpc) is 3.66. The number of hydrogen-bond donors (Lipinski definition) is 2. The van der Waals surface area contributed by atoms with E-state index in [-0.39, 0.29) is 60.2 Å². The van der Waals surface area contributed by atoms with E-state index in [4.69, 9.17) is 14.2 Å². The molecule has 0 bridgehead atoms. The highest BCUT2D eigenvalue weighted by atomic mass is 32.1. The molecule has 2 aromatic heterocycles. The number of carbonyl (C=O) groups is 5. The van der Waals surface area contributed by atoms with Crippen LogP contribution in [-0.2, 0) is 46.0 Å². The zero-order valence-corrected chi connectivity index (χ0v) is 34.6. The number of halogens is 3. The molecular formula is C37H53F3N6O8S2. The fourth-order valence-electron chi connectivity index (χ4n) is 6.87. The van der Waals surface area contributed by atoms with E-state index in [2.05, 4.69) is 20.6 Å². The van der Waals surface area contributed by atoms with E-state index in [0.717, 1.165) is 40.9 Å². The Kier molecular flexibility index (Phi) is 15.8. The topological polar surface area (TPSA) is 169 Å². The van der Waals surface area contributed by atoms with Crippen molar-refractivity contribution in [3.05, 3.63) is 32.2 Å². The number of ether oxygens (including phenoxy) is 3. The molecule has 0 spiro atoms. The Bertz CT molecular complexity index is 1680. The van der Waals surface area contributed by atoms with Crippen molar-refractivity contribution in [1.82, 2.24) is 30.4 Å². The number of nitrogens with zero attached hydrogens (tertiary/aromatic N) is 4. The second kappa shape index (κ2) is 19.7. The van der Waals surface area contributed by atoms with Gasteiger partial charge in [-0.1, -0.05) is 27.7 Å². The van der Waals surface area contributed by atoms with Crippen LogP contribution in [0.3, 0.4) is 0 Å². The SMILES string of the molecule is COC(=O)[C@@H](C)C[C@H](Cc1nc(C(F)(F)F)cs1)NC(=O)c1csc([C@@H](C[C@H](C(C)C)N(C)C(=O)[C@@H](NC(=O)[C@H]2COCCN2C)[C@@H](C)C2CC2)OC(C)=O)n1. The van der Waals surface area contributed by atoms with Gasteiger partial charge >= 0.3 is 18.1 Å². The molecular weight excluding hydrogens is 778 g/mol. The molecule has 3 heterocycles. The van der Waals surface area contributed by atoms with Crippen molar-refractivity contribution >= 4 is 52.3 Å². The molecule has 1 saturated heterocycles. The quantitative estimate of drug-likeness (QED) is 0.203. The number of methoxy groups -OCH3 is 1. The van der Waals surface area contributed by atoms with E-state index in [0.29, 0.717) is 24.1 Å². The molecule has 2 aromatic rings. The second-order valence-corrected chi connectivity index (χ2v) is 16.9. The molecule has 0 unspecified atom stereocenters. The first kappa shape index (κ1) is 45.0. The van der Waals surface area contributed by atoms with Gasteiger partial charge in [-0.15, -0.1) is 22.7 Å². The smallest absolute Gasteiger partial charge is 0.434 e. The molecule has 0 radical (unpaired) electrons. The summed E-state index contributed by atoms with van der Waals surface area (Å²) < 4.78 is 55.8. The van der Waals surface area contributed by atoms with Crippen molar-refractivity contribution in [2.24, 2.45) is 23.7 Å². The van der Waals surface area contributed by atoms with Gasteiger partial charge in [0.25, 0.3) is 5.91 Å². The van der Waals surface area contributed by atoms with Crippen LogP contribution in [0, 0.1) is 23.7 Å². The van der Waals surface area contributed by atoms with Crippen molar-refractivity contribution in [2.45, 2.75) is 103 Å². The summed E-state index contributed by atoms with van der Waals surface area (Å²) in [6.07, 6.45) is -3.54. The van der Waals surface area contributed by atoms with Crippen molar-refractivity contribution in [2.75, 3.05) is 41.0 Å². The van der Waals surface area contributed by atoms with Gasteiger partial charge < -0.3 is 29.7 Å². The van der Waals surface area contributed by atoms with E-state index < -0.39 is 65.9 Å². The number of carbonyl (C=O) groups excluding carboxylic acids is 5. The molecule has 4 rings (SSSR count). The Labute approximate surface area is 333 Å². The van der Waals surface area contributed by atoms with Crippen LogP contribution in [0.2, 0.25) is 0 Å². The van der Waals surface area contributed by atoms with Gasteiger partial charge in [0.05, 0.1) is 31.2 Å². The van der Waals surface area contributed by atoms with Crippen LogP contribution in [0.25, 0.3) is 0 Å². The molecule has 2 fully saturated rings. The molecule has 1 saturated carbocycles. The highest BCUT2D eigenvalue weighted by Gasteiger charge is 2.42.